The average molecular weight is 303 g/mol. The van der Waals surface area contributed by atoms with Crippen LogP contribution < -0.4 is 0 Å². The Balaban J connectivity index is 1.81. The van der Waals surface area contributed by atoms with Crippen LogP contribution >= 0.6 is 0 Å². The quantitative estimate of drug-likeness (QED) is 0.834. The molecule has 1 atom stereocenters. The normalized spacial score (nSPS) is 23.5. The molecule has 1 aliphatic heterocycles. The van der Waals surface area contributed by atoms with Crippen LogP contribution in [0.5, 0.6) is 0 Å². The lowest BCUT2D eigenvalue weighted by Crippen LogP contribution is -2.39. The summed E-state index contributed by atoms with van der Waals surface area (Å²) in [6.07, 6.45) is 7.58. The van der Waals surface area contributed by atoms with Gasteiger partial charge < -0.3 is 4.90 Å². The first-order chi connectivity index (χ1) is 10.4. The summed E-state index contributed by atoms with van der Waals surface area (Å²) in [7, 11) is 0. The average Bonchev–Trinajstić information content (AvgIpc) is 3.16. The predicted molar refractivity (Wildman–Crippen MR) is 88.0 cm³/mol. The Bertz CT molecular complexity index is 549. The van der Waals surface area contributed by atoms with Crippen molar-refractivity contribution < 1.29 is 4.79 Å². The molecule has 0 bridgehead atoms. The molecule has 0 aromatic carbocycles. The topological polar surface area (TPSA) is 38.1 Å². The number of likely N-dealkylation sites (tertiary alicyclic amines) is 1. The van der Waals surface area contributed by atoms with Crippen molar-refractivity contribution in [3.8, 4) is 0 Å². The second-order valence-corrected chi connectivity index (χ2v) is 8.01. The third-order valence-electron chi connectivity index (χ3n) is 5.25. The summed E-state index contributed by atoms with van der Waals surface area (Å²) in [6, 6.07) is 2.41. The standard InChI is InChI=1S/C18H29N3O/c1-13-12-15(19-21(13)18(2,3)4)17(22)20-11-7-10-16(20)14-8-5-6-9-14/h12,14,16H,5-11H2,1-4H3/t16-/m0/s1. The highest BCUT2D eigenvalue weighted by Gasteiger charge is 2.37. The van der Waals surface area contributed by atoms with E-state index in [0.717, 1.165) is 24.6 Å². The minimum absolute atomic E-state index is 0.0848. The van der Waals surface area contributed by atoms with E-state index in [2.05, 4.69) is 30.8 Å². The Morgan fingerprint density at radius 3 is 2.45 bits per heavy atom. The third-order valence-corrected chi connectivity index (χ3v) is 5.25. The predicted octanol–water partition coefficient (Wildman–Crippen LogP) is 3.74. The molecule has 22 heavy (non-hydrogen) atoms. The number of aromatic nitrogens is 2. The lowest BCUT2D eigenvalue weighted by molar-refractivity contribution is 0.0681. The SMILES string of the molecule is Cc1cc(C(=O)N2CCC[C@H]2C2CCCC2)nn1C(C)(C)C. The van der Waals surface area contributed by atoms with Gasteiger partial charge in [0.25, 0.3) is 5.91 Å². The molecule has 0 radical (unpaired) electrons. The van der Waals surface area contributed by atoms with E-state index in [0.29, 0.717) is 11.7 Å². The fraction of sp³-hybridized carbons (Fsp3) is 0.778. The lowest BCUT2D eigenvalue weighted by atomic mass is 9.96. The maximum absolute atomic E-state index is 13.0. The Hall–Kier alpha value is -1.32. The van der Waals surface area contributed by atoms with E-state index < -0.39 is 0 Å². The molecular weight excluding hydrogens is 274 g/mol. The molecule has 0 spiro atoms. The number of carbonyl (C=O) groups excluding carboxylic acids is 1. The van der Waals surface area contributed by atoms with E-state index in [1.807, 2.05) is 17.7 Å². The molecule has 2 fully saturated rings. The molecule has 4 heteroatoms. The molecule has 3 rings (SSSR count). The van der Waals surface area contributed by atoms with Gasteiger partial charge in [-0.2, -0.15) is 5.10 Å². The lowest BCUT2D eigenvalue weighted by Gasteiger charge is -2.29. The van der Waals surface area contributed by atoms with Crippen molar-refractivity contribution in [2.75, 3.05) is 6.54 Å². The van der Waals surface area contributed by atoms with Crippen LogP contribution in [0, 0.1) is 12.8 Å². The van der Waals surface area contributed by atoms with Gasteiger partial charge in [0.1, 0.15) is 0 Å². The van der Waals surface area contributed by atoms with Gasteiger partial charge in [0.05, 0.1) is 5.54 Å². The van der Waals surface area contributed by atoms with E-state index in [9.17, 15) is 4.79 Å². The van der Waals surface area contributed by atoms with Crippen molar-refractivity contribution in [1.29, 1.82) is 0 Å². The van der Waals surface area contributed by atoms with Crippen LogP contribution in [0.25, 0.3) is 0 Å². The molecular formula is C18H29N3O. The maximum atomic E-state index is 13.0. The monoisotopic (exact) mass is 303 g/mol. The van der Waals surface area contributed by atoms with Gasteiger partial charge in [-0.3, -0.25) is 9.48 Å². The zero-order valence-electron chi connectivity index (χ0n) is 14.4. The number of aryl methyl sites for hydroxylation is 1. The van der Waals surface area contributed by atoms with Gasteiger partial charge in [0.2, 0.25) is 0 Å². The fourth-order valence-electron chi connectivity index (χ4n) is 4.28. The molecule has 1 aliphatic carbocycles. The maximum Gasteiger partial charge on any atom is 0.274 e. The number of amides is 1. The molecule has 1 aromatic rings. The minimum atomic E-state index is -0.0848. The summed E-state index contributed by atoms with van der Waals surface area (Å²) >= 11 is 0. The van der Waals surface area contributed by atoms with Crippen LogP contribution in [0.1, 0.15) is 75.5 Å². The summed E-state index contributed by atoms with van der Waals surface area (Å²) in [6.45, 7) is 9.31. The van der Waals surface area contributed by atoms with Gasteiger partial charge in [0.15, 0.2) is 5.69 Å². The van der Waals surface area contributed by atoms with Crippen molar-refractivity contribution in [3.63, 3.8) is 0 Å². The molecule has 122 valence electrons. The first-order valence-electron chi connectivity index (χ1n) is 8.76. The summed E-state index contributed by atoms with van der Waals surface area (Å²) in [5, 5.41) is 4.61. The zero-order valence-corrected chi connectivity index (χ0v) is 14.4. The summed E-state index contributed by atoms with van der Waals surface area (Å²) in [4.78, 5) is 15.1. The third kappa shape index (κ3) is 2.80. The highest BCUT2D eigenvalue weighted by molar-refractivity contribution is 5.92. The van der Waals surface area contributed by atoms with Gasteiger partial charge in [0, 0.05) is 18.3 Å². The zero-order chi connectivity index (χ0) is 15.9. The molecule has 2 aliphatic rings. The van der Waals surface area contributed by atoms with Crippen molar-refractivity contribution in [3.05, 3.63) is 17.5 Å². The molecule has 0 N–H and O–H groups in total. The van der Waals surface area contributed by atoms with Gasteiger partial charge in [-0.05, 0) is 65.4 Å². The summed E-state index contributed by atoms with van der Waals surface area (Å²) in [5.74, 6) is 0.859. The fourth-order valence-corrected chi connectivity index (χ4v) is 4.28. The Morgan fingerprint density at radius 2 is 1.86 bits per heavy atom. The molecule has 1 saturated carbocycles. The Kier molecular flexibility index (Phi) is 4.04. The van der Waals surface area contributed by atoms with Gasteiger partial charge >= 0.3 is 0 Å². The van der Waals surface area contributed by atoms with Gasteiger partial charge in [-0.25, -0.2) is 0 Å². The summed E-state index contributed by atoms with van der Waals surface area (Å²) < 4.78 is 1.97. The highest BCUT2D eigenvalue weighted by atomic mass is 16.2. The number of rotatable bonds is 2. The van der Waals surface area contributed by atoms with E-state index in [-0.39, 0.29) is 11.4 Å². The van der Waals surface area contributed by atoms with Crippen molar-refractivity contribution >= 4 is 5.91 Å². The number of nitrogens with zero attached hydrogens (tertiary/aromatic N) is 3. The number of hydrogen-bond donors (Lipinski definition) is 0. The molecule has 4 nitrogen and oxygen atoms in total. The summed E-state index contributed by atoms with van der Waals surface area (Å²) in [5.41, 5.74) is 1.60. The molecule has 1 saturated heterocycles. The second-order valence-electron chi connectivity index (χ2n) is 8.01. The van der Waals surface area contributed by atoms with Crippen LogP contribution in [-0.4, -0.2) is 33.2 Å². The smallest absolute Gasteiger partial charge is 0.274 e. The van der Waals surface area contributed by atoms with Crippen molar-refractivity contribution in [2.24, 2.45) is 5.92 Å². The van der Waals surface area contributed by atoms with Crippen LogP contribution in [0.4, 0.5) is 0 Å². The first-order valence-corrected chi connectivity index (χ1v) is 8.76. The molecule has 1 aromatic heterocycles. The first kappa shape index (κ1) is 15.6. The van der Waals surface area contributed by atoms with Crippen molar-refractivity contribution in [2.45, 2.75) is 77.8 Å². The number of carbonyl (C=O) groups is 1. The highest BCUT2D eigenvalue weighted by Crippen LogP contribution is 2.36. The molecule has 0 unspecified atom stereocenters. The van der Waals surface area contributed by atoms with Crippen LogP contribution in [0.15, 0.2) is 6.07 Å². The Morgan fingerprint density at radius 1 is 1.18 bits per heavy atom. The number of hydrogen-bond acceptors (Lipinski definition) is 2. The Labute approximate surface area is 133 Å². The largest absolute Gasteiger partial charge is 0.334 e. The van der Waals surface area contributed by atoms with E-state index in [4.69, 9.17) is 0 Å². The molecule has 1 amide bonds. The van der Waals surface area contributed by atoms with Gasteiger partial charge in [-0.15, -0.1) is 0 Å². The minimum Gasteiger partial charge on any atom is -0.334 e. The van der Waals surface area contributed by atoms with E-state index in [1.165, 1.54) is 32.1 Å². The second kappa shape index (κ2) is 5.71. The molecule has 2 heterocycles. The van der Waals surface area contributed by atoms with Crippen LogP contribution in [-0.2, 0) is 5.54 Å². The van der Waals surface area contributed by atoms with Crippen molar-refractivity contribution in [1.82, 2.24) is 14.7 Å². The van der Waals surface area contributed by atoms with Crippen LogP contribution in [0.2, 0.25) is 0 Å². The van der Waals surface area contributed by atoms with Crippen LogP contribution in [0.3, 0.4) is 0 Å². The van der Waals surface area contributed by atoms with E-state index in [1.54, 1.807) is 0 Å². The van der Waals surface area contributed by atoms with E-state index >= 15 is 0 Å². The van der Waals surface area contributed by atoms with Gasteiger partial charge in [-0.1, -0.05) is 12.8 Å².